The Morgan fingerprint density at radius 2 is 2.18 bits per heavy atom. The zero-order valence-electron chi connectivity index (χ0n) is 12.6. The lowest BCUT2D eigenvalue weighted by molar-refractivity contribution is 0.373. The van der Waals surface area contributed by atoms with Gasteiger partial charge in [0.1, 0.15) is 5.82 Å². The van der Waals surface area contributed by atoms with E-state index in [1.54, 1.807) is 23.0 Å². The zero-order valence-corrected chi connectivity index (χ0v) is 12.6. The van der Waals surface area contributed by atoms with Crippen LogP contribution in [0.15, 0.2) is 43.0 Å². The minimum Gasteiger partial charge on any atom is -0.504 e. The van der Waals surface area contributed by atoms with Gasteiger partial charge in [0.25, 0.3) is 0 Å². The first-order valence-corrected chi connectivity index (χ1v) is 7.03. The van der Waals surface area contributed by atoms with Crippen LogP contribution >= 0.6 is 0 Å². The Morgan fingerprint density at radius 3 is 2.86 bits per heavy atom. The van der Waals surface area contributed by atoms with Crippen molar-refractivity contribution < 1.29 is 9.84 Å². The Kier molecular flexibility index (Phi) is 3.82. The summed E-state index contributed by atoms with van der Waals surface area (Å²) < 4.78 is 8.93. The van der Waals surface area contributed by atoms with Crippen LogP contribution in [0.1, 0.15) is 5.56 Å². The number of aromatic hydroxyl groups is 1. The molecular weight excluding hydrogens is 280 g/mol. The van der Waals surface area contributed by atoms with Crippen molar-refractivity contribution in [3.05, 3.63) is 48.5 Å². The Hall–Kier alpha value is -2.76. The fourth-order valence-electron chi connectivity index (χ4n) is 2.43. The highest BCUT2D eigenvalue weighted by atomic mass is 16.5. The average molecular weight is 298 g/mol. The van der Waals surface area contributed by atoms with Crippen LogP contribution in [0.3, 0.4) is 0 Å². The molecule has 2 aromatic heterocycles. The predicted molar refractivity (Wildman–Crippen MR) is 82.8 cm³/mol. The molecule has 22 heavy (non-hydrogen) atoms. The third-order valence-electron chi connectivity index (χ3n) is 3.55. The number of phenols is 1. The Labute approximate surface area is 128 Å². The second kappa shape index (κ2) is 5.93. The predicted octanol–water partition coefficient (Wildman–Crippen LogP) is 2.24. The molecule has 0 aliphatic carbocycles. The molecule has 0 unspecified atom stereocenters. The highest BCUT2D eigenvalue weighted by Crippen LogP contribution is 2.30. The fraction of sp³-hybridized carbons (Fsp3) is 0.250. The second-order valence-electron chi connectivity index (χ2n) is 5.10. The van der Waals surface area contributed by atoms with Gasteiger partial charge in [0.15, 0.2) is 11.5 Å². The maximum absolute atomic E-state index is 9.92. The van der Waals surface area contributed by atoms with Gasteiger partial charge in [0.2, 0.25) is 0 Å². The molecule has 0 spiro atoms. The number of ether oxygens (including phenoxy) is 1. The number of hydrogen-bond donors (Lipinski definition) is 1. The summed E-state index contributed by atoms with van der Waals surface area (Å²) in [5.41, 5.74) is 2.04. The van der Waals surface area contributed by atoms with E-state index in [0.717, 1.165) is 24.4 Å². The monoisotopic (exact) mass is 298 g/mol. The normalized spacial score (nSPS) is 10.8. The third kappa shape index (κ3) is 2.81. The van der Waals surface area contributed by atoms with Crippen molar-refractivity contribution in [3.63, 3.8) is 0 Å². The van der Waals surface area contributed by atoms with Gasteiger partial charge >= 0.3 is 0 Å². The molecule has 1 N–H and O–H groups in total. The number of rotatable bonds is 5. The van der Waals surface area contributed by atoms with Gasteiger partial charge in [0.05, 0.1) is 13.3 Å². The summed E-state index contributed by atoms with van der Waals surface area (Å²) in [6, 6.07) is 5.30. The van der Waals surface area contributed by atoms with Gasteiger partial charge in [-0.1, -0.05) is 0 Å². The molecule has 0 atom stereocenters. The van der Waals surface area contributed by atoms with Gasteiger partial charge in [0, 0.05) is 37.7 Å². The highest BCUT2D eigenvalue weighted by molar-refractivity contribution is 5.61. The second-order valence-corrected chi connectivity index (χ2v) is 5.10. The van der Waals surface area contributed by atoms with E-state index in [4.69, 9.17) is 4.74 Å². The van der Waals surface area contributed by atoms with E-state index in [1.165, 1.54) is 12.7 Å². The molecule has 0 fully saturated rings. The molecule has 1 aromatic carbocycles. The molecule has 2 heterocycles. The van der Waals surface area contributed by atoms with Crippen LogP contribution in [0.2, 0.25) is 0 Å². The number of hydrogen-bond acceptors (Lipinski definition) is 4. The van der Waals surface area contributed by atoms with Gasteiger partial charge in [-0.2, -0.15) is 5.10 Å². The third-order valence-corrected chi connectivity index (χ3v) is 3.55. The Balaban J connectivity index is 1.81. The summed E-state index contributed by atoms with van der Waals surface area (Å²) in [5.74, 6) is 1.39. The zero-order chi connectivity index (χ0) is 15.5. The van der Waals surface area contributed by atoms with E-state index in [1.807, 2.05) is 31.7 Å². The van der Waals surface area contributed by atoms with Crippen molar-refractivity contribution in [1.82, 2.24) is 19.3 Å². The maximum atomic E-state index is 9.92. The van der Waals surface area contributed by atoms with E-state index < -0.39 is 0 Å². The SMILES string of the molecule is COc1ccc(-c2nccn2CCc2cnn(C)c2)cc1O. The Bertz CT molecular complexity index is 776. The molecule has 0 radical (unpaired) electrons. The number of aromatic nitrogens is 4. The van der Waals surface area contributed by atoms with Crippen molar-refractivity contribution in [2.75, 3.05) is 7.11 Å². The van der Waals surface area contributed by atoms with E-state index in [-0.39, 0.29) is 5.75 Å². The summed E-state index contributed by atoms with van der Waals surface area (Å²) in [5, 5.41) is 14.1. The topological polar surface area (TPSA) is 65.1 Å². The minimum atomic E-state index is 0.113. The average Bonchev–Trinajstić information content (AvgIpc) is 3.13. The molecule has 3 aromatic rings. The molecule has 0 bridgehead atoms. The fourth-order valence-corrected chi connectivity index (χ4v) is 2.43. The van der Waals surface area contributed by atoms with Gasteiger partial charge in [-0.25, -0.2) is 4.98 Å². The first-order chi connectivity index (χ1) is 10.7. The lowest BCUT2D eigenvalue weighted by atomic mass is 10.2. The van der Waals surface area contributed by atoms with Crippen molar-refractivity contribution in [3.8, 4) is 22.9 Å². The standard InChI is InChI=1S/C16H18N4O2/c1-19-11-12(10-18-19)5-7-20-8-6-17-16(20)13-3-4-15(22-2)14(21)9-13/h3-4,6,8-11,21H,5,7H2,1-2H3. The summed E-state index contributed by atoms with van der Waals surface area (Å²) >= 11 is 0. The summed E-state index contributed by atoms with van der Waals surface area (Å²) in [6.07, 6.45) is 8.46. The molecule has 0 saturated carbocycles. The van der Waals surface area contributed by atoms with Crippen molar-refractivity contribution in [2.24, 2.45) is 7.05 Å². The van der Waals surface area contributed by atoms with Crippen LogP contribution in [-0.2, 0) is 20.0 Å². The summed E-state index contributed by atoms with van der Waals surface area (Å²) in [7, 11) is 3.44. The number of phenolic OH excluding ortho intramolecular Hbond substituents is 1. The summed E-state index contributed by atoms with van der Waals surface area (Å²) in [4.78, 5) is 4.39. The van der Waals surface area contributed by atoms with Crippen LogP contribution in [0.25, 0.3) is 11.4 Å². The van der Waals surface area contributed by atoms with Crippen molar-refractivity contribution in [1.29, 1.82) is 0 Å². The Morgan fingerprint density at radius 1 is 1.32 bits per heavy atom. The molecule has 0 aliphatic rings. The molecule has 0 aliphatic heterocycles. The summed E-state index contributed by atoms with van der Waals surface area (Å²) in [6.45, 7) is 0.799. The molecule has 3 rings (SSSR count). The molecular formula is C16H18N4O2. The van der Waals surface area contributed by atoms with Crippen LogP contribution in [-0.4, -0.2) is 31.5 Å². The van der Waals surface area contributed by atoms with Crippen LogP contribution < -0.4 is 4.74 Å². The number of methoxy groups -OCH3 is 1. The molecule has 0 amide bonds. The lowest BCUT2D eigenvalue weighted by Crippen LogP contribution is -2.02. The van der Waals surface area contributed by atoms with Crippen LogP contribution in [0, 0.1) is 0 Å². The molecule has 114 valence electrons. The first kappa shape index (κ1) is 14.2. The van der Waals surface area contributed by atoms with E-state index in [0.29, 0.717) is 5.75 Å². The van der Waals surface area contributed by atoms with Gasteiger partial charge in [-0.3, -0.25) is 4.68 Å². The van der Waals surface area contributed by atoms with Crippen molar-refractivity contribution >= 4 is 0 Å². The van der Waals surface area contributed by atoms with Gasteiger partial charge in [-0.15, -0.1) is 0 Å². The number of benzene rings is 1. The molecule has 6 nitrogen and oxygen atoms in total. The van der Waals surface area contributed by atoms with Crippen LogP contribution in [0.4, 0.5) is 0 Å². The highest BCUT2D eigenvalue weighted by Gasteiger charge is 2.10. The smallest absolute Gasteiger partial charge is 0.160 e. The number of nitrogens with zero attached hydrogens (tertiary/aromatic N) is 4. The van der Waals surface area contributed by atoms with Gasteiger partial charge in [-0.05, 0) is 30.2 Å². The maximum Gasteiger partial charge on any atom is 0.160 e. The van der Waals surface area contributed by atoms with E-state index >= 15 is 0 Å². The van der Waals surface area contributed by atoms with E-state index in [2.05, 4.69) is 14.6 Å². The number of imidazole rings is 1. The minimum absolute atomic E-state index is 0.113. The van der Waals surface area contributed by atoms with Gasteiger partial charge < -0.3 is 14.4 Å². The quantitative estimate of drug-likeness (QED) is 0.784. The number of aryl methyl sites for hydroxylation is 3. The first-order valence-electron chi connectivity index (χ1n) is 7.03. The largest absolute Gasteiger partial charge is 0.504 e. The van der Waals surface area contributed by atoms with E-state index in [9.17, 15) is 5.11 Å². The molecule has 6 heteroatoms. The molecule has 0 saturated heterocycles. The lowest BCUT2D eigenvalue weighted by Gasteiger charge is -2.09. The van der Waals surface area contributed by atoms with Crippen LogP contribution in [0.5, 0.6) is 11.5 Å². The van der Waals surface area contributed by atoms with Crippen molar-refractivity contribution in [2.45, 2.75) is 13.0 Å².